The van der Waals surface area contributed by atoms with Crippen LogP contribution in [-0.2, 0) is 11.3 Å². The van der Waals surface area contributed by atoms with Gasteiger partial charge in [0.2, 0.25) is 5.91 Å². The second-order valence-corrected chi connectivity index (χ2v) is 6.28. The third-order valence-corrected chi connectivity index (χ3v) is 4.70. The van der Waals surface area contributed by atoms with E-state index in [1.54, 1.807) is 35.4 Å². The minimum absolute atomic E-state index is 0.113. The first-order valence-corrected chi connectivity index (χ1v) is 8.79. The molecular formula is C21H20N4O2. The van der Waals surface area contributed by atoms with Crippen LogP contribution < -0.4 is 5.56 Å². The Morgan fingerprint density at radius 1 is 1.22 bits per heavy atom. The number of likely N-dealkylation sites (N-methyl/N-ethyl adjacent to an activating group) is 1. The highest BCUT2D eigenvalue weighted by Crippen LogP contribution is 2.21. The highest BCUT2D eigenvalue weighted by molar-refractivity contribution is 5.81. The molecule has 6 nitrogen and oxygen atoms in total. The van der Waals surface area contributed by atoms with Gasteiger partial charge in [0.05, 0.1) is 29.3 Å². The maximum Gasteiger partial charge on any atom is 0.275 e. The monoisotopic (exact) mass is 360 g/mol. The molecule has 0 aliphatic heterocycles. The molecule has 1 heterocycles. The van der Waals surface area contributed by atoms with Crippen molar-refractivity contribution in [3.8, 4) is 6.07 Å². The van der Waals surface area contributed by atoms with Gasteiger partial charge in [0, 0.05) is 11.9 Å². The molecule has 0 spiro atoms. The number of fused-ring (bicyclic) bond motifs is 1. The average Bonchev–Trinajstić information content (AvgIpc) is 2.71. The lowest BCUT2D eigenvalue weighted by Crippen LogP contribution is -2.38. The van der Waals surface area contributed by atoms with Gasteiger partial charge in [-0.25, -0.2) is 4.68 Å². The number of aromatic nitrogens is 2. The van der Waals surface area contributed by atoms with E-state index in [2.05, 4.69) is 11.2 Å². The fraction of sp³-hybridized carbons (Fsp3) is 0.238. The van der Waals surface area contributed by atoms with Crippen molar-refractivity contribution in [2.24, 2.45) is 0 Å². The number of amides is 1. The lowest BCUT2D eigenvalue weighted by Gasteiger charge is -2.28. The summed E-state index contributed by atoms with van der Waals surface area (Å²) in [6, 6.07) is 16.3. The first-order valence-electron chi connectivity index (χ1n) is 8.79. The number of benzene rings is 2. The van der Waals surface area contributed by atoms with Crippen LogP contribution in [0.15, 0.2) is 59.5 Å². The van der Waals surface area contributed by atoms with Crippen molar-refractivity contribution < 1.29 is 4.79 Å². The Balaban J connectivity index is 1.84. The first-order chi connectivity index (χ1) is 13.0. The summed E-state index contributed by atoms with van der Waals surface area (Å²) in [5.74, 6) is -0.181. The van der Waals surface area contributed by atoms with Gasteiger partial charge >= 0.3 is 0 Å². The van der Waals surface area contributed by atoms with Crippen LogP contribution >= 0.6 is 0 Å². The number of hydrogen-bond donors (Lipinski definition) is 0. The average molecular weight is 360 g/mol. The zero-order valence-corrected chi connectivity index (χ0v) is 15.3. The Morgan fingerprint density at radius 2 is 1.93 bits per heavy atom. The van der Waals surface area contributed by atoms with Crippen LogP contribution in [0, 0.1) is 11.3 Å². The normalized spacial score (nSPS) is 11.7. The summed E-state index contributed by atoms with van der Waals surface area (Å²) in [7, 11) is 0. The smallest absolute Gasteiger partial charge is 0.275 e. The number of hydrogen-bond acceptors (Lipinski definition) is 4. The van der Waals surface area contributed by atoms with Crippen molar-refractivity contribution in [2.75, 3.05) is 6.54 Å². The number of rotatable bonds is 5. The Kier molecular flexibility index (Phi) is 5.32. The van der Waals surface area contributed by atoms with Crippen LogP contribution in [-0.4, -0.2) is 27.1 Å². The molecule has 1 atom stereocenters. The van der Waals surface area contributed by atoms with Gasteiger partial charge in [0.1, 0.15) is 6.54 Å². The second kappa shape index (κ2) is 7.83. The van der Waals surface area contributed by atoms with Crippen molar-refractivity contribution in [1.29, 1.82) is 5.26 Å². The fourth-order valence-corrected chi connectivity index (χ4v) is 3.14. The maximum absolute atomic E-state index is 12.8. The fourth-order valence-electron chi connectivity index (χ4n) is 3.14. The number of nitriles is 1. The van der Waals surface area contributed by atoms with Gasteiger partial charge < -0.3 is 4.90 Å². The van der Waals surface area contributed by atoms with Crippen molar-refractivity contribution in [3.05, 3.63) is 76.2 Å². The number of nitrogens with zero attached hydrogens (tertiary/aromatic N) is 4. The molecule has 0 fully saturated rings. The van der Waals surface area contributed by atoms with Gasteiger partial charge in [-0.15, -0.1) is 0 Å². The van der Waals surface area contributed by atoms with E-state index in [0.29, 0.717) is 17.5 Å². The van der Waals surface area contributed by atoms with E-state index in [9.17, 15) is 9.59 Å². The summed E-state index contributed by atoms with van der Waals surface area (Å²) in [6.45, 7) is 4.22. The third kappa shape index (κ3) is 3.72. The molecule has 136 valence electrons. The molecule has 3 aromatic rings. The zero-order valence-electron chi connectivity index (χ0n) is 15.3. The maximum atomic E-state index is 12.8. The van der Waals surface area contributed by atoms with Gasteiger partial charge in [-0.2, -0.15) is 10.4 Å². The van der Waals surface area contributed by atoms with Crippen LogP contribution in [0.1, 0.15) is 31.0 Å². The van der Waals surface area contributed by atoms with E-state index in [1.165, 1.54) is 4.68 Å². The molecule has 2 aromatic carbocycles. The van der Waals surface area contributed by atoms with E-state index in [4.69, 9.17) is 5.26 Å². The molecule has 27 heavy (non-hydrogen) atoms. The molecule has 0 aliphatic carbocycles. The van der Waals surface area contributed by atoms with Crippen LogP contribution in [0.4, 0.5) is 0 Å². The SMILES string of the molecule is CCN(C(=O)Cn1ncc2ccccc2c1=O)C(C)c1ccc(C#N)cc1. The van der Waals surface area contributed by atoms with Crippen LogP contribution in [0.5, 0.6) is 0 Å². The standard InChI is InChI=1S/C21H20N4O2/c1-3-24(15(2)17-10-8-16(12-22)9-11-17)20(26)14-25-21(27)19-7-5-4-6-18(19)13-23-25/h4-11,13,15H,3,14H2,1-2H3. The molecule has 0 saturated carbocycles. The van der Waals surface area contributed by atoms with Gasteiger partial charge in [0.15, 0.2) is 0 Å². The molecule has 6 heteroatoms. The van der Waals surface area contributed by atoms with Crippen LogP contribution in [0.2, 0.25) is 0 Å². The number of carbonyl (C=O) groups excluding carboxylic acids is 1. The quantitative estimate of drug-likeness (QED) is 0.701. The van der Waals surface area contributed by atoms with Crippen molar-refractivity contribution in [2.45, 2.75) is 26.4 Å². The predicted octanol–water partition coefficient (Wildman–Crippen LogP) is 2.88. The Bertz CT molecular complexity index is 1060. The van der Waals surface area contributed by atoms with Gasteiger partial charge in [-0.1, -0.05) is 30.3 Å². The van der Waals surface area contributed by atoms with E-state index in [1.807, 2.05) is 38.1 Å². The molecule has 1 unspecified atom stereocenters. The van der Waals surface area contributed by atoms with Crippen molar-refractivity contribution >= 4 is 16.7 Å². The molecule has 1 amide bonds. The summed E-state index contributed by atoms with van der Waals surface area (Å²) in [5, 5.41) is 14.4. The summed E-state index contributed by atoms with van der Waals surface area (Å²) in [4.78, 5) is 27.1. The Labute approximate surface area is 157 Å². The zero-order chi connectivity index (χ0) is 19.4. The third-order valence-electron chi connectivity index (χ3n) is 4.70. The van der Waals surface area contributed by atoms with E-state index in [-0.39, 0.29) is 24.1 Å². The Hall–Kier alpha value is -3.46. The largest absolute Gasteiger partial charge is 0.335 e. The summed E-state index contributed by atoms with van der Waals surface area (Å²) in [6.07, 6.45) is 1.60. The van der Waals surface area contributed by atoms with E-state index in [0.717, 1.165) is 10.9 Å². The van der Waals surface area contributed by atoms with Gasteiger partial charge in [0.25, 0.3) is 5.56 Å². The van der Waals surface area contributed by atoms with Gasteiger partial charge in [-0.3, -0.25) is 9.59 Å². The molecule has 0 saturated heterocycles. The van der Waals surface area contributed by atoms with E-state index >= 15 is 0 Å². The molecule has 1 aromatic heterocycles. The lowest BCUT2D eigenvalue weighted by molar-refractivity contribution is -0.134. The first kappa shape index (κ1) is 18.3. The minimum Gasteiger partial charge on any atom is -0.335 e. The van der Waals surface area contributed by atoms with E-state index < -0.39 is 0 Å². The van der Waals surface area contributed by atoms with Crippen molar-refractivity contribution in [1.82, 2.24) is 14.7 Å². The van der Waals surface area contributed by atoms with Crippen LogP contribution in [0.25, 0.3) is 10.8 Å². The highest BCUT2D eigenvalue weighted by atomic mass is 16.2. The summed E-state index contributed by atoms with van der Waals surface area (Å²) >= 11 is 0. The molecule has 0 aliphatic rings. The summed E-state index contributed by atoms with van der Waals surface area (Å²) in [5.41, 5.74) is 1.23. The summed E-state index contributed by atoms with van der Waals surface area (Å²) < 4.78 is 1.21. The lowest BCUT2D eigenvalue weighted by atomic mass is 10.0. The molecule has 0 radical (unpaired) electrons. The molecule has 3 rings (SSSR count). The highest BCUT2D eigenvalue weighted by Gasteiger charge is 2.21. The minimum atomic E-state index is -0.275. The number of carbonyl (C=O) groups is 1. The Morgan fingerprint density at radius 3 is 2.59 bits per heavy atom. The topological polar surface area (TPSA) is 79.0 Å². The van der Waals surface area contributed by atoms with Crippen LogP contribution in [0.3, 0.4) is 0 Å². The second-order valence-electron chi connectivity index (χ2n) is 6.28. The van der Waals surface area contributed by atoms with Gasteiger partial charge in [-0.05, 0) is 37.6 Å². The molecule has 0 bridgehead atoms. The molecule has 0 N–H and O–H groups in total. The molecular weight excluding hydrogens is 340 g/mol. The predicted molar refractivity (Wildman–Crippen MR) is 103 cm³/mol. The van der Waals surface area contributed by atoms with Crippen molar-refractivity contribution in [3.63, 3.8) is 0 Å².